The number of halogens is 1. The zero-order valence-electron chi connectivity index (χ0n) is 10.9. The highest BCUT2D eigenvalue weighted by molar-refractivity contribution is 6.28. The lowest BCUT2D eigenvalue weighted by Crippen LogP contribution is -2.50. The van der Waals surface area contributed by atoms with Crippen LogP contribution in [0.1, 0.15) is 13.8 Å². The fourth-order valence-electron chi connectivity index (χ4n) is 1.85. The van der Waals surface area contributed by atoms with Crippen LogP contribution in [0.25, 0.3) is 0 Å². The van der Waals surface area contributed by atoms with Gasteiger partial charge in [0.05, 0.1) is 32.0 Å². The summed E-state index contributed by atoms with van der Waals surface area (Å²) in [6.45, 7) is 5.25. The molecule has 0 saturated carbocycles. The Morgan fingerprint density at radius 1 is 1.47 bits per heavy atom. The van der Waals surface area contributed by atoms with Crippen LogP contribution in [0.5, 0.6) is 6.01 Å². The maximum atomic E-state index is 9.18. The molecule has 1 fully saturated rings. The molecule has 0 aliphatic carbocycles. The van der Waals surface area contributed by atoms with E-state index in [0.717, 1.165) is 0 Å². The summed E-state index contributed by atoms with van der Waals surface area (Å²) in [5.41, 5.74) is 0. The van der Waals surface area contributed by atoms with E-state index in [0.29, 0.717) is 25.7 Å². The Bertz CT molecular complexity index is 434. The molecule has 2 rings (SSSR count). The first kappa shape index (κ1) is 14.2. The molecular weight excluding hydrogens is 272 g/mol. The van der Waals surface area contributed by atoms with Gasteiger partial charge in [0.1, 0.15) is 0 Å². The van der Waals surface area contributed by atoms with Crippen molar-refractivity contribution >= 4 is 17.5 Å². The van der Waals surface area contributed by atoms with Gasteiger partial charge in [-0.2, -0.15) is 15.0 Å². The van der Waals surface area contributed by atoms with Crippen LogP contribution in [-0.4, -0.2) is 58.6 Å². The molecule has 0 spiro atoms. The molecule has 0 aromatic carbocycles. The van der Waals surface area contributed by atoms with Crippen molar-refractivity contribution in [2.45, 2.75) is 26.0 Å². The smallest absolute Gasteiger partial charge is 0.322 e. The number of hydrogen-bond donors (Lipinski definition) is 1. The maximum absolute atomic E-state index is 9.18. The van der Waals surface area contributed by atoms with E-state index in [1.165, 1.54) is 0 Å². The van der Waals surface area contributed by atoms with Crippen LogP contribution in [0.15, 0.2) is 0 Å². The highest BCUT2D eigenvalue weighted by atomic mass is 35.5. The fraction of sp³-hybridized carbons (Fsp3) is 0.727. The Hall–Kier alpha value is -1.18. The summed E-state index contributed by atoms with van der Waals surface area (Å²) in [6, 6.07) is 0.299. The molecule has 1 aliphatic rings. The SMILES string of the molecule is CCOc1nc(Cl)nc(N2CC(CO)OCC2C)n1. The number of morpholine rings is 1. The predicted octanol–water partition coefficient (Wildman–Crippen LogP) is 0.510. The largest absolute Gasteiger partial charge is 0.464 e. The first-order chi connectivity index (χ1) is 9.13. The Morgan fingerprint density at radius 2 is 2.26 bits per heavy atom. The Balaban J connectivity index is 2.23. The molecule has 0 radical (unpaired) electrons. The van der Waals surface area contributed by atoms with Crippen LogP contribution in [0.4, 0.5) is 5.95 Å². The van der Waals surface area contributed by atoms with Gasteiger partial charge in [-0.3, -0.25) is 0 Å². The standard InChI is InChI=1S/C11H17ClN4O3/c1-3-18-11-14-9(12)13-10(15-11)16-4-8(5-17)19-6-7(16)2/h7-8,17H,3-6H2,1-2H3. The summed E-state index contributed by atoms with van der Waals surface area (Å²) in [5.74, 6) is 0.442. The molecule has 8 heteroatoms. The van der Waals surface area contributed by atoms with Gasteiger partial charge < -0.3 is 19.5 Å². The maximum Gasteiger partial charge on any atom is 0.322 e. The zero-order chi connectivity index (χ0) is 13.8. The van der Waals surface area contributed by atoms with Crippen molar-refractivity contribution in [2.24, 2.45) is 0 Å². The highest BCUT2D eigenvalue weighted by Crippen LogP contribution is 2.21. The minimum absolute atomic E-state index is 0.0413. The summed E-state index contributed by atoms with van der Waals surface area (Å²) in [6.07, 6.45) is -0.248. The Morgan fingerprint density at radius 3 is 2.95 bits per heavy atom. The van der Waals surface area contributed by atoms with Crippen LogP contribution >= 0.6 is 11.6 Å². The monoisotopic (exact) mass is 288 g/mol. The second kappa shape index (κ2) is 6.31. The van der Waals surface area contributed by atoms with Gasteiger partial charge in [-0.05, 0) is 25.4 Å². The normalized spacial score (nSPS) is 23.5. The second-order valence-electron chi connectivity index (χ2n) is 4.26. The Labute approximate surface area is 116 Å². The molecule has 1 saturated heterocycles. The van der Waals surface area contributed by atoms with E-state index in [1.807, 2.05) is 18.7 Å². The summed E-state index contributed by atoms with van der Waals surface area (Å²) in [5, 5.41) is 9.27. The Kier molecular flexibility index (Phi) is 4.73. The predicted molar refractivity (Wildman–Crippen MR) is 69.6 cm³/mol. The van der Waals surface area contributed by atoms with Gasteiger partial charge in [0.15, 0.2) is 0 Å². The van der Waals surface area contributed by atoms with E-state index in [2.05, 4.69) is 15.0 Å². The lowest BCUT2D eigenvalue weighted by atomic mass is 10.2. The lowest BCUT2D eigenvalue weighted by Gasteiger charge is -2.37. The van der Waals surface area contributed by atoms with Gasteiger partial charge in [-0.1, -0.05) is 0 Å². The quantitative estimate of drug-likeness (QED) is 0.864. The number of hydrogen-bond acceptors (Lipinski definition) is 7. The van der Waals surface area contributed by atoms with Crippen molar-refractivity contribution in [3.05, 3.63) is 5.28 Å². The lowest BCUT2D eigenvalue weighted by molar-refractivity contribution is -0.0108. The number of aliphatic hydroxyl groups is 1. The van der Waals surface area contributed by atoms with E-state index in [1.54, 1.807) is 0 Å². The molecule has 1 aliphatic heterocycles. The average Bonchev–Trinajstić information content (AvgIpc) is 2.39. The topological polar surface area (TPSA) is 80.6 Å². The second-order valence-corrected chi connectivity index (χ2v) is 4.60. The van der Waals surface area contributed by atoms with Crippen LogP contribution in [0, 0.1) is 0 Å². The van der Waals surface area contributed by atoms with Crippen molar-refractivity contribution in [3.63, 3.8) is 0 Å². The molecule has 1 aromatic rings. The minimum atomic E-state index is -0.248. The van der Waals surface area contributed by atoms with Gasteiger partial charge in [-0.15, -0.1) is 0 Å². The summed E-state index contributed by atoms with van der Waals surface area (Å²) in [4.78, 5) is 14.2. The number of rotatable bonds is 4. The molecular formula is C11H17ClN4O3. The third-order valence-electron chi connectivity index (χ3n) is 2.82. The van der Waals surface area contributed by atoms with Crippen LogP contribution in [0.3, 0.4) is 0 Å². The molecule has 0 amide bonds. The third-order valence-corrected chi connectivity index (χ3v) is 2.98. The van der Waals surface area contributed by atoms with Crippen LogP contribution < -0.4 is 9.64 Å². The van der Waals surface area contributed by atoms with Gasteiger partial charge in [0.25, 0.3) is 0 Å². The van der Waals surface area contributed by atoms with Crippen molar-refractivity contribution < 1.29 is 14.6 Å². The van der Waals surface area contributed by atoms with E-state index in [-0.39, 0.29) is 30.0 Å². The third kappa shape index (κ3) is 3.43. The average molecular weight is 289 g/mol. The summed E-state index contributed by atoms with van der Waals surface area (Å²) >= 11 is 5.87. The van der Waals surface area contributed by atoms with Gasteiger partial charge in [-0.25, -0.2) is 0 Å². The van der Waals surface area contributed by atoms with Gasteiger partial charge in [0.2, 0.25) is 11.2 Å². The van der Waals surface area contributed by atoms with E-state index >= 15 is 0 Å². The first-order valence-electron chi connectivity index (χ1n) is 6.17. The molecule has 1 aromatic heterocycles. The summed E-state index contributed by atoms with van der Waals surface area (Å²) in [7, 11) is 0. The molecule has 2 heterocycles. The number of ether oxygens (including phenoxy) is 2. The molecule has 7 nitrogen and oxygen atoms in total. The number of nitrogens with zero attached hydrogens (tertiary/aromatic N) is 4. The number of aromatic nitrogens is 3. The van der Waals surface area contributed by atoms with Crippen molar-refractivity contribution in [3.8, 4) is 6.01 Å². The van der Waals surface area contributed by atoms with Crippen LogP contribution in [-0.2, 0) is 4.74 Å². The van der Waals surface area contributed by atoms with Crippen molar-refractivity contribution in [2.75, 3.05) is 31.3 Å². The van der Waals surface area contributed by atoms with E-state index in [9.17, 15) is 5.11 Å². The zero-order valence-corrected chi connectivity index (χ0v) is 11.7. The minimum Gasteiger partial charge on any atom is -0.464 e. The van der Waals surface area contributed by atoms with Gasteiger partial charge >= 0.3 is 6.01 Å². The number of aliphatic hydroxyl groups excluding tert-OH is 1. The fourth-order valence-corrected chi connectivity index (χ4v) is 2.00. The molecule has 2 unspecified atom stereocenters. The van der Waals surface area contributed by atoms with E-state index < -0.39 is 0 Å². The van der Waals surface area contributed by atoms with Crippen molar-refractivity contribution in [1.82, 2.24) is 15.0 Å². The highest BCUT2D eigenvalue weighted by Gasteiger charge is 2.28. The molecule has 0 bridgehead atoms. The van der Waals surface area contributed by atoms with Crippen LogP contribution in [0.2, 0.25) is 5.28 Å². The molecule has 106 valence electrons. The molecule has 19 heavy (non-hydrogen) atoms. The van der Waals surface area contributed by atoms with E-state index in [4.69, 9.17) is 21.1 Å². The number of anilines is 1. The first-order valence-corrected chi connectivity index (χ1v) is 6.55. The molecule has 2 atom stereocenters. The van der Waals surface area contributed by atoms with Crippen molar-refractivity contribution in [1.29, 1.82) is 0 Å². The molecule has 1 N–H and O–H groups in total. The van der Waals surface area contributed by atoms with Gasteiger partial charge in [0, 0.05) is 6.54 Å². The summed E-state index contributed by atoms with van der Waals surface area (Å²) < 4.78 is 10.7.